The second kappa shape index (κ2) is 5.95. The summed E-state index contributed by atoms with van der Waals surface area (Å²) in [5.74, 6) is 0.502. The number of likely N-dealkylation sites (tertiary alicyclic amines) is 1. The molecule has 1 saturated heterocycles. The monoisotopic (exact) mass is 315 g/mol. The summed E-state index contributed by atoms with van der Waals surface area (Å²) < 4.78 is 0. The highest BCUT2D eigenvalue weighted by Gasteiger charge is 2.61. The fourth-order valence-electron chi connectivity index (χ4n) is 3.68. The topological polar surface area (TPSA) is 53.5 Å². The Morgan fingerprint density at radius 3 is 2.87 bits per heavy atom. The number of rotatable bonds is 4. The summed E-state index contributed by atoms with van der Waals surface area (Å²) in [6.07, 6.45) is 3.62. The fourth-order valence-corrected chi connectivity index (χ4v) is 3.68. The minimum atomic E-state index is 0.0323. The summed E-state index contributed by atoms with van der Waals surface area (Å²) in [6.45, 7) is 5.95. The summed E-state index contributed by atoms with van der Waals surface area (Å²) in [4.78, 5) is 32.8. The van der Waals surface area contributed by atoms with Gasteiger partial charge in [-0.05, 0) is 25.0 Å². The first kappa shape index (κ1) is 16.0. The second-order valence-corrected chi connectivity index (χ2v) is 7.30. The molecule has 0 radical (unpaired) electrons. The average molecular weight is 315 g/mol. The van der Waals surface area contributed by atoms with Gasteiger partial charge < -0.3 is 9.80 Å². The lowest BCUT2D eigenvalue weighted by Gasteiger charge is -2.20. The van der Waals surface area contributed by atoms with Crippen LogP contribution in [0.2, 0.25) is 0 Å². The lowest BCUT2D eigenvalue weighted by Crippen LogP contribution is -2.34. The highest BCUT2D eigenvalue weighted by atomic mass is 16.2. The SMILES string of the molecule is CC(C)C(=O)N1CCC2(CC2C(=O)N(C)Cc2ccccn2)C1. The summed E-state index contributed by atoms with van der Waals surface area (Å²) >= 11 is 0. The van der Waals surface area contributed by atoms with Crippen LogP contribution >= 0.6 is 0 Å². The van der Waals surface area contributed by atoms with Crippen LogP contribution in [-0.4, -0.2) is 46.7 Å². The van der Waals surface area contributed by atoms with Crippen LogP contribution in [0.15, 0.2) is 24.4 Å². The molecule has 2 aliphatic rings. The summed E-state index contributed by atoms with van der Waals surface area (Å²) in [6, 6.07) is 5.75. The molecule has 0 aromatic carbocycles. The summed E-state index contributed by atoms with van der Waals surface area (Å²) in [5.41, 5.74) is 0.945. The van der Waals surface area contributed by atoms with Crippen molar-refractivity contribution in [1.82, 2.24) is 14.8 Å². The van der Waals surface area contributed by atoms with Crippen LogP contribution in [0.5, 0.6) is 0 Å². The molecule has 23 heavy (non-hydrogen) atoms. The Hall–Kier alpha value is -1.91. The van der Waals surface area contributed by atoms with Crippen LogP contribution in [-0.2, 0) is 16.1 Å². The molecule has 3 rings (SSSR count). The fraction of sp³-hybridized carbons (Fsp3) is 0.611. The molecular weight excluding hydrogens is 290 g/mol. The normalized spacial score (nSPS) is 25.9. The van der Waals surface area contributed by atoms with Gasteiger partial charge in [-0.1, -0.05) is 19.9 Å². The van der Waals surface area contributed by atoms with Crippen LogP contribution in [0.4, 0.5) is 0 Å². The lowest BCUT2D eigenvalue weighted by molar-refractivity contribution is -0.135. The van der Waals surface area contributed by atoms with Gasteiger partial charge in [-0.15, -0.1) is 0 Å². The number of hydrogen-bond donors (Lipinski definition) is 0. The van der Waals surface area contributed by atoms with Crippen LogP contribution in [0.1, 0.15) is 32.4 Å². The molecule has 1 spiro atoms. The van der Waals surface area contributed by atoms with Gasteiger partial charge in [-0.3, -0.25) is 14.6 Å². The summed E-state index contributed by atoms with van der Waals surface area (Å²) in [5, 5.41) is 0. The van der Waals surface area contributed by atoms with E-state index < -0.39 is 0 Å². The van der Waals surface area contributed by atoms with Gasteiger partial charge in [0, 0.05) is 43.6 Å². The van der Waals surface area contributed by atoms with Crippen molar-refractivity contribution in [2.24, 2.45) is 17.3 Å². The van der Waals surface area contributed by atoms with E-state index in [0.29, 0.717) is 6.54 Å². The van der Waals surface area contributed by atoms with E-state index in [2.05, 4.69) is 4.98 Å². The molecule has 2 heterocycles. The van der Waals surface area contributed by atoms with Crippen LogP contribution in [0.25, 0.3) is 0 Å². The van der Waals surface area contributed by atoms with Gasteiger partial charge in [0.1, 0.15) is 0 Å². The predicted octanol–water partition coefficient (Wildman–Crippen LogP) is 1.93. The smallest absolute Gasteiger partial charge is 0.226 e. The average Bonchev–Trinajstić information content (AvgIpc) is 3.06. The van der Waals surface area contributed by atoms with Gasteiger partial charge in [0.2, 0.25) is 11.8 Å². The zero-order chi connectivity index (χ0) is 16.6. The van der Waals surface area contributed by atoms with Crippen molar-refractivity contribution < 1.29 is 9.59 Å². The Balaban J connectivity index is 1.58. The third-order valence-corrected chi connectivity index (χ3v) is 5.18. The van der Waals surface area contributed by atoms with Crippen LogP contribution in [0.3, 0.4) is 0 Å². The maximum atomic E-state index is 12.7. The standard InChI is InChI=1S/C18H25N3O2/c1-13(2)16(22)21-9-7-18(12-21)10-15(18)17(23)20(3)11-14-6-4-5-8-19-14/h4-6,8,13,15H,7,9-12H2,1-3H3. The molecule has 0 N–H and O–H groups in total. The lowest BCUT2D eigenvalue weighted by atomic mass is 10.0. The predicted molar refractivity (Wildman–Crippen MR) is 87.3 cm³/mol. The van der Waals surface area contributed by atoms with E-state index in [9.17, 15) is 9.59 Å². The molecule has 5 heteroatoms. The van der Waals surface area contributed by atoms with Crippen molar-refractivity contribution in [3.63, 3.8) is 0 Å². The first-order chi connectivity index (χ1) is 10.9. The van der Waals surface area contributed by atoms with Crippen molar-refractivity contribution in [3.8, 4) is 0 Å². The van der Waals surface area contributed by atoms with E-state index in [1.54, 1.807) is 11.1 Å². The second-order valence-electron chi connectivity index (χ2n) is 7.30. The van der Waals surface area contributed by atoms with Gasteiger partial charge in [0.05, 0.1) is 12.2 Å². The van der Waals surface area contributed by atoms with Crippen molar-refractivity contribution in [1.29, 1.82) is 0 Å². The molecule has 1 aliphatic heterocycles. The maximum Gasteiger partial charge on any atom is 0.226 e. The Labute approximate surface area is 137 Å². The molecule has 1 aromatic heterocycles. The minimum Gasteiger partial charge on any atom is -0.342 e. The van der Waals surface area contributed by atoms with Gasteiger partial charge in [0.25, 0.3) is 0 Å². The van der Waals surface area contributed by atoms with Crippen molar-refractivity contribution >= 4 is 11.8 Å². The Morgan fingerprint density at radius 1 is 1.43 bits per heavy atom. The molecule has 5 nitrogen and oxygen atoms in total. The zero-order valence-electron chi connectivity index (χ0n) is 14.2. The van der Waals surface area contributed by atoms with E-state index in [0.717, 1.165) is 31.6 Å². The maximum absolute atomic E-state index is 12.7. The van der Waals surface area contributed by atoms with E-state index in [4.69, 9.17) is 0 Å². The Bertz CT molecular complexity index is 602. The molecule has 1 aliphatic carbocycles. The number of pyridine rings is 1. The Morgan fingerprint density at radius 2 is 2.22 bits per heavy atom. The largest absolute Gasteiger partial charge is 0.342 e. The Kier molecular flexibility index (Phi) is 4.13. The molecule has 1 aromatic rings. The molecule has 2 unspecified atom stereocenters. The van der Waals surface area contributed by atoms with E-state index >= 15 is 0 Å². The quantitative estimate of drug-likeness (QED) is 0.853. The number of carbonyl (C=O) groups excluding carboxylic acids is 2. The molecule has 2 fully saturated rings. The van der Waals surface area contributed by atoms with E-state index in [1.807, 2.05) is 44.0 Å². The minimum absolute atomic E-state index is 0.0323. The molecule has 1 saturated carbocycles. The number of hydrogen-bond acceptors (Lipinski definition) is 3. The molecule has 0 bridgehead atoms. The third kappa shape index (κ3) is 3.09. The molecule has 2 atom stereocenters. The van der Waals surface area contributed by atoms with Crippen molar-refractivity contribution in [2.75, 3.05) is 20.1 Å². The number of amides is 2. The zero-order valence-corrected chi connectivity index (χ0v) is 14.2. The van der Waals surface area contributed by atoms with Gasteiger partial charge in [-0.2, -0.15) is 0 Å². The van der Waals surface area contributed by atoms with E-state index in [-0.39, 0.29) is 29.1 Å². The third-order valence-electron chi connectivity index (χ3n) is 5.18. The van der Waals surface area contributed by atoms with Crippen LogP contribution in [0, 0.1) is 17.3 Å². The number of aromatic nitrogens is 1. The molecule has 2 amide bonds. The van der Waals surface area contributed by atoms with Crippen molar-refractivity contribution in [3.05, 3.63) is 30.1 Å². The first-order valence-electron chi connectivity index (χ1n) is 8.37. The summed E-state index contributed by atoms with van der Waals surface area (Å²) in [7, 11) is 1.84. The molecule has 124 valence electrons. The van der Waals surface area contributed by atoms with Gasteiger partial charge in [-0.25, -0.2) is 0 Å². The van der Waals surface area contributed by atoms with Gasteiger partial charge >= 0.3 is 0 Å². The highest BCUT2D eigenvalue weighted by Crippen LogP contribution is 2.59. The highest BCUT2D eigenvalue weighted by molar-refractivity contribution is 5.83. The molecular formula is C18H25N3O2. The number of carbonyl (C=O) groups is 2. The van der Waals surface area contributed by atoms with E-state index in [1.165, 1.54) is 0 Å². The van der Waals surface area contributed by atoms with Gasteiger partial charge in [0.15, 0.2) is 0 Å². The first-order valence-corrected chi connectivity index (χ1v) is 8.37. The number of nitrogens with zero attached hydrogens (tertiary/aromatic N) is 3. The van der Waals surface area contributed by atoms with Crippen LogP contribution < -0.4 is 0 Å². The van der Waals surface area contributed by atoms with Crippen molar-refractivity contribution in [2.45, 2.75) is 33.2 Å².